The molecular weight excluding hydrogens is 180 g/mol. The van der Waals surface area contributed by atoms with E-state index in [1.807, 2.05) is 0 Å². The summed E-state index contributed by atoms with van der Waals surface area (Å²) in [4.78, 5) is 8.78. The van der Waals surface area contributed by atoms with Crippen LogP contribution in [0.3, 0.4) is 0 Å². The van der Waals surface area contributed by atoms with Gasteiger partial charge in [-0.15, -0.1) is 0 Å². The van der Waals surface area contributed by atoms with E-state index < -0.39 is 6.09 Å². The minimum absolute atomic E-state index is 0. The average molecular weight is 186 g/mol. The molecule has 0 aromatic carbocycles. The molecule has 0 saturated carbocycles. The molecule has 3 N–H and O–H groups in total. The Morgan fingerprint density at radius 3 is 1.80 bits per heavy atom. The molecule has 0 unspecified atom stereocenters. The molecule has 0 spiro atoms. The zero-order valence-electron chi connectivity index (χ0n) is 2.64. The Bertz CT molecular complexity index is 32.6. The standard InChI is InChI=1S/CH3NO2.Sb.3H/c2-1(3)4;;;;/h2H2,(H,3,4);;;;. The van der Waals surface area contributed by atoms with Crippen LogP contribution in [0, 0.1) is 0 Å². The molecule has 1 amide bonds. The molecular formula is CH6NO2Sb. The van der Waals surface area contributed by atoms with Crippen LogP contribution in [0.15, 0.2) is 0 Å². The van der Waals surface area contributed by atoms with Crippen LogP contribution in [0.5, 0.6) is 0 Å². The first-order chi connectivity index (χ1) is 1.73. The van der Waals surface area contributed by atoms with Crippen molar-refractivity contribution in [3.05, 3.63) is 0 Å². The Balaban J connectivity index is 0. The third-order valence-corrected chi connectivity index (χ3v) is 0. The fraction of sp³-hybridized carbons (Fsp3) is 0. The number of primary amides is 1. The molecule has 0 aliphatic heterocycles. The first kappa shape index (κ1) is 8.92. The molecule has 0 radical (unpaired) electrons. The molecule has 0 rings (SSSR count). The molecule has 0 atom stereocenters. The van der Waals surface area contributed by atoms with Crippen LogP contribution in [0.25, 0.3) is 0 Å². The maximum absolute atomic E-state index is 8.78. The van der Waals surface area contributed by atoms with Crippen molar-refractivity contribution in [3.63, 3.8) is 0 Å². The summed E-state index contributed by atoms with van der Waals surface area (Å²) in [7, 11) is 0. The Morgan fingerprint density at radius 2 is 1.80 bits per heavy atom. The summed E-state index contributed by atoms with van der Waals surface area (Å²) >= 11 is 0. The van der Waals surface area contributed by atoms with Crippen molar-refractivity contribution in [1.29, 1.82) is 0 Å². The van der Waals surface area contributed by atoms with E-state index in [0.29, 0.717) is 0 Å². The quantitative estimate of drug-likeness (QED) is 0.449. The topological polar surface area (TPSA) is 63.3 Å². The summed E-state index contributed by atoms with van der Waals surface area (Å²) in [6, 6.07) is 0. The summed E-state index contributed by atoms with van der Waals surface area (Å²) in [5, 5.41) is 7.19. The van der Waals surface area contributed by atoms with Crippen molar-refractivity contribution in [1.82, 2.24) is 0 Å². The number of hydrogen-bond donors (Lipinski definition) is 2. The molecule has 0 fully saturated rings. The third-order valence-electron chi connectivity index (χ3n) is 0. The predicted molar refractivity (Wildman–Crippen MR) is 22.2 cm³/mol. The van der Waals surface area contributed by atoms with Crippen molar-refractivity contribution < 1.29 is 9.90 Å². The Labute approximate surface area is 46.6 Å². The molecule has 0 aromatic rings. The Kier molecular flexibility index (Phi) is 7.29. The van der Waals surface area contributed by atoms with Gasteiger partial charge < -0.3 is 10.8 Å². The van der Waals surface area contributed by atoms with Gasteiger partial charge in [0.25, 0.3) is 0 Å². The first-order valence-corrected chi connectivity index (χ1v) is 0.716. The summed E-state index contributed by atoms with van der Waals surface area (Å²) in [6.07, 6.45) is -1.33. The van der Waals surface area contributed by atoms with Gasteiger partial charge in [0, 0.05) is 0 Å². The normalized spacial score (nSPS) is 4.80. The Morgan fingerprint density at radius 1 is 1.80 bits per heavy atom. The van der Waals surface area contributed by atoms with Gasteiger partial charge in [-0.1, -0.05) is 0 Å². The van der Waals surface area contributed by atoms with Crippen molar-refractivity contribution >= 4 is 30.5 Å². The van der Waals surface area contributed by atoms with Crippen LogP contribution in [-0.2, 0) is 0 Å². The zero-order chi connectivity index (χ0) is 3.58. The van der Waals surface area contributed by atoms with E-state index in [2.05, 4.69) is 5.73 Å². The molecule has 0 aromatic heterocycles. The molecule has 5 heavy (non-hydrogen) atoms. The van der Waals surface area contributed by atoms with Gasteiger partial charge in [-0.3, -0.25) is 0 Å². The third kappa shape index (κ3) is 2290. The second kappa shape index (κ2) is 4.09. The van der Waals surface area contributed by atoms with E-state index in [9.17, 15) is 0 Å². The monoisotopic (exact) mass is 185 g/mol. The summed E-state index contributed by atoms with van der Waals surface area (Å²) in [5.41, 5.74) is 4.03. The van der Waals surface area contributed by atoms with E-state index in [0.717, 1.165) is 0 Å². The van der Waals surface area contributed by atoms with Crippen molar-refractivity contribution in [2.75, 3.05) is 0 Å². The number of amides is 1. The number of hydrogen-bond acceptors (Lipinski definition) is 1. The summed E-state index contributed by atoms with van der Waals surface area (Å²) in [6.45, 7) is 0. The average Bonchev–Trinajstić information content (AvgIpc) is 0.811. The predicted octanol–water partition coefficient (Wildman–Crippen LogP) is -1.56. The van der Waals surface area contributed by atoms with Gasteiger partial charge >= 0.3 is 30.5 Å². The van der Waals surface area contributed by atoms with Gasteiger partial charge in [-0.05, 0) is 0 Å². The minimum atomic E-state index is -1.33. The van der Waals surface area contributed by atoms with Crippen molar-refractivity contribution in [3.8, 4) is 0 Å². The molecule has 0 aliphatic rings. The van der Waals surface area contributed by atoms with Crippen LogP contribution >= 0.6 is 0 Å². The van der Waals surface area contributed by atoms with Crippen molar-refractivity contribution in [2.45, 2.75) is 0 Å². The molecule has 3 nitrogen and oxygen atoms in total. The summed E-state index contributed by atoms with van der Waals surface area (Å²) in [5.74, 6) is 0. The maximum atomic E-state index is 8.78. The summed E-state index contributed by atoms with van der Waals surface area (Å²) < 4.78 is 0. The van der Waals surface area contributed by atoms with Gasteiger partial charge in [-0.25, -0.2) is 4.79 Å². The molecule has 4 heteroatoms. The van der Waals surface area contributed by atoms with Crippen LogP contribution in [0.1, 0.15) is 0 Å². The van der Waals surface area contributed by atoms with Gasteiger partial charge in [0.05, 0.1) is 0 Å². The second-order valence-corrected chi connectivity index (χ2v) is 0.338. The van der Waals surface area contributed by atoms with Crippen LogP contribution < -0.4 is 5.73 Å². The van der Waals surface area contributed by atoms with Gasteiger partial charge in [0.2, 0.25) is 0 Å². The fourth-order valence-electron chi connectivity index (χ4n) is 0. The number of nitrogens with two attached hydrogens (primary N) is 1. The van der Waals surface area contributed by atoms with E-state index in [-0.39, 0.29) is 24.4 Å². The van der Waals surface area contributed by atoms with Crippen LogP contribution in [0.4, 0.5) is 4.79 Å². The van der Waals surface area contributed by atoms with Crippen LogP contribution in [-0.4, -0.2) is 35.6 Å². The molecule has 0 heterocycles. The zero-order valence-corrected chi connectivity index (χ0v) is 6.68. The van der Waals surface area contributed by atoms with E-state index in [1.165, 1.54) is 0 Å². The fourth-order valence-corrected chi connectivity index (χ4v) is 0. The molecule has 0 aliphatic carbocycles. The first-order valence-electron chi connectivity index (χ1n) is 0.716. The van der Waals surface area contributed by atoms with Gasteiger partial charge in [0.1, 0.15) is 0 Å². The molecule has 32 valence electrons. The molecule has 0 saturated heterocycles. The van der Waals surface area contributed by atoms with Gasteiger partial charge in [-0.2, -0.15) is 0 Å². The molecule has 0 bridgehead atoms. The van der Waals surface area contributed by atoms with Crippen LogP contribution in [0.2, 0.25) is 0 Å². The van der Waals surface area contributed by atoms with Crippen molar-refractivity contribution in [2.24, 2.45) is 5.73 Å². The number of carboxylic acid groups (broad SMARTS) is 1. The van der Waals surface area contributed by atoms with E-state index in [1.54, 1.807) is 0 Å². The van der Waals surface area contributed by atoms with E-state index >= 15 is 0 Å². The number of rotatable bonds is 0. The van der Waals surface area contributed by atoms with E-state index in [4.69, 9.17) is 9.90 Å². The number of carbonyl (C=O) groups is 1. The SMILES string of the molecule is NC(=O)O.[SbH3]. The van der Waals surface area contributed by atoms with Gasteiger partial charge in [0.15, 0.2) is 0 Å². The Hall–Kier alpha value is 0.0882. The second-order valence-electron chi connectivity index (χ2n) is 0.338.